The van der Waals surface area contributed by atoms with Gasteiger partial charge in [0.25, 0.3) is 0 Å². The second-order valence-corrected chi connectivity index (χ2v) is 5.08. The van der Waals surface area contributed by atoms with Gasteiger partial charge in [0.05, 0.1) is 6.10 Å². The van der Waals surface area contributed by atoms with Crippen LogP contribution in [-0.4, -0.2) is 30.2 Å². The van der Waals surface area contributed by atoms with Crippen LogP contribution in [0.2, 0.25) is 0 Å². The van der Waals surface area contributed by atoms with Gasteiger partial charge in [-0.05, 0) is 25.8 Å². The second-order valence-electron chi connectivity index (χ2n) is 5.08. The van der Waals surface area contributed by atoms with Crippen molar-refractivity contribution >= 4 is 5.91 Å². The summed E-state index contributed by atoms with van der Waals surface area (Å²) >= 11 is 0. The molecule has 1 aliphatic rings. The molecule has 4 nitrogen and oxygen atoms in total. The third kappa shape index (κ3) is 3.76. The van der Waals surface area contributed by atoms with Crippen LogP contribution in [0.4, 0.5) is 0 Å². The summed E-state index contributed by atoms with van der Waals surface area (Å²) in [5.74, 6) is 0.0458. The van der Waals surface area contributed by atoms with E-state index in [0.29, 0.717) is 19.5 Å². The molecule has 16 heavy (non-hydrogen) atoms. The topological polar surface area (TPSA) is 75.4 Å². The molecule has 0 heterocycles. The molecule has 4 heteroatoms. The molecule has 0 saturated heterocycles. The average molecular weight is 228 g/mol. The van der Waals surface area contributed by atoms with E-state index in [1.807, 2.05) is 0 Å². The molecule has 1 rings (SSSR count). The van der Waals surface area contributed by atoms with Crippen LogP contribution in [-0.2, 0) is 4.79 Å². The van der Waals surface area contributed by atoms with Crippen LogP contribution in [0, 0.1) is 5.41 Å². The maximum absolute atomic E-state index is 11.4. The van der Waals surface area contributed by atoms with Crippen molar-refractivity contribution in [2.24, 2.45) is 11.1 Å². The van der Waals surface area contributed by atoms with E-state index < -0.39 is 0 Å². The Labute approximate surface area is 97.6 Å². The van der Waals surface area contributed by atoms with Gasteiger partial charge in [0.1, 0.15) is 0 Å². The van der Waals surface area contributed by atoms with E-state index in [-0.39, 0.29) is 17.4 Å². The van der Waals surface area contributed by atoms with Crippen molar-refractivity contribution in [2.75, 3.05) is 13.1 Å². The molecule has 2 unspecified atom stereocenters. The molecule has 1 aliphatic carbocycles. The fourth-order valence-corrected chi connectivity index (χ4v) is 2.24. The molecule has 0 spiro atoms. The van der Waals surface area contributed by atoms with Crippen LogP contribution in [0.15, 0.2) is 0 Å². The van der Waals surface area contributed by atoms with Gasteiger partial charge in [-0.15, -0.1) is 0 Å². The summed E-state index contributed by atoms with van der Waals surface area (Å²) in [6, 6.07) is 0. The molecule has 0 aromatic rings. The van der Waals surface area contributed by atoms with Crippen molar-refractivity contribution in [3.05, 3.63) is 0 Å². The predicted molar refractivity (Wildman–Crippen MR) is 63.9 cm³/mol. The lowest BCUT2D eigenvalue weighted by Gasteiger charge is -2.38. The second kappa shape index (κ2) is 6.21. The van der Waals surface area contributed by atoms with E-state index in [9.17, 15) is 9.90 Å². The fourth-order valence-electron chi connectivity index (χ4n) is 2.24. The third-order valence-corrected chi connectivity index (χ3v) is 3.58. The SMILES string of the molecule is CC1(CNC(=O)CCCN)CCCCC1O. The molecule has 94 valence electrons. The fraction of sp³-hybridized carbons (Fsp3) is 0.917. The molecule has 0 aromatic carbocycles. The van der Waals surface area contributed by atoms with Gasteiger partial charge in [-0.2, -0.15) is 0 Å². The average Bonchev–Trinajstić information content (AvgIpc) is 2.28. The van der Waals surface area contributed by atoms with Crippen LogP contribution >= 0.6 is 0 Å². The Morgan fingerprint density at radius 1 is 1.56 bits per heavy atom. The molecule has 1 saturated carbocycles. The summed E-state index contributed by atoms with van der Waals surface area (Å²) < 4.78 is 0. The van der Waals surface area contributed by atoms with Crippen LogP contribution < -0.4 is 11.1 Å². The Kier molecular flexibility index (Phi) is 5.22. The molecule has 1 fully saturated rings. The molecule has 0 radical (unpaired) electrons. The summed E-state index contributed by atoms with van der Waals surface area (Å²) in [4.78, 5) is 11.4. The first-order valence-corrected chi connectivity index (χ1v) is 6.23. The van der Waals surface area contributed by atoms with Gasteiger partial charge < -0.3 is 16.2 Å². The van der Waals surface area contributed by atoms with Crippen LogP contribution in [0.1, 0.15) is 45.4 Å². The molecule has 0 aliphatic heterocycles. The highest BCUT2D eigenvalue weighted by Gasteiger charge is 2.35. The summed E-state index contributed by atoms with van der Waals surface area (Å²) in [6.45, 7) is 3.19. The minimum atomic E-state index is -0.281. The van der Waals surface area contributed by atoms with Gasteiger partial charge in [-0.1, -0.05) is 19.8 Å². The maximum atomic E-state index is 11.4. The normalized spacial score (nSPS) is 30.1. The van der Waals surface area contributed by atoms with Gasteiger partial charge in [-0.25, -0.2) is 0 Å². The first-order chi connectivity index (χ1) is 7.58. The number of amides is 1. The van der Waals surface area contributed by atoms with E-state index >= 15 is 0 Å². The number of aliphatic hydroxyl groups is 1. The van der Waals surface area contributed by atoms with Gasteiger partial charge in [0, 0.05) is 18.4 Å². The number of nitrogens with one attached hydrogen (secondary N) is 1. The Morgan fingerprint density at radius 3 is 2.94 bits per heavy atom. The third-order valence-electron chi connectivity index (χ3n) is 3.58. The maximum Gasteiger partial charge on any atom is 0.220 e. The van der Waals surface area contributed by atoms with E-state index in [4.69, 9.17) is 5.73 Å². The van der Waals surface area contributed by atoms with Crippen LogP contribution in [0.25, 0.3) is 0 Å². The lowest BCUT2D eigenvalue weighted by molar-refractivity contribution is -0.122. The van der Waals surface area contributed by atoms with Crippen molar-refractivity contribution in [1.82, 2.24) is 5.32 Å². The highest BCUT2D eigenvalue weighted by molar-refractivity contribution is 5.75. The van der Waals surface area contributed by atoms with Crippen molar-refractivity contribution in [1.29, 1.82) is 0 Å². The number of hydrogen-bond donors (Lipinski definition) is 3. The van der Waals surface area contributed by atoms with E-state index in [1.165, 1.54) is 0 Å². The minimum absolute atomic E-state index is 0.0458. The predicted octanol–water partition coefficient (Wildman–Crippen LogP) is 0.783. The van der Waals surface area contributed by atoms with Crippen molar-refractivity contribution in [2.45, 2.75) is 51.6 Å². The molecule has 1 amide bonds. The highest BCUT2D eigenvalue weighted by Crippen LogP contribution is 2.35. The molecule has 2 atom stereocenters. The standard InChI is InChI=1S/C12H24N2O2/c1-12(7-3-2-5-10(12)15)9-14-11(16)6-4-8-13/h10,15H,2-9,13H2,1H3,(H,14,16). The Balaban J connectivity index is 2.32. The lowest BCUT2D eigenvalue weighted by atomic mass is 9.73. The summed E-state index contributed by atoms with van der Waals surface area (Å²) in [6.07, 6.45) is 5.02. The lowest BCUT2D eigenvalue weighted by Crippen LogP contribution is -2.45. The van der Waals surface area contributed by atoms with E-state index in [2.05, 4.69) is 12.2 Å². The largest absolute Gasteiger partial charge is 0.392 e. The molecule has 4 N–H and O–H groups in total. The molecular weight excluding hydrogens is 204 g/mol. The first-order valence-electron chi connectivity index (χ1n) is 6.23. The van der Waals surface area contributed by atoms with Gasteiger partial charge in [0.15, 0.2) is 0 Å². The summed E-state index contributed by atoms with van der Waals surface area (Å²) in [7, 11) is 0. The monoisotopic (exact) mass is 228 g/mol. The molecular formula is C12H24N2O2. The van der Waals surface area contributed by atoms with Crippen molar-refractivity contribution in [3.8, 4) is 0 Å². The van der Waals surface area contributed by atoms with Crippen molar-refractivity contribution < 1.29 is 9.90 Å². The van der Waals surface area contributed by atoms with E-state index in [0.717, 1.165) is 32.1 Å². The summed E-state index contributed by atoms with van der Waals surface area (Å²) in [5, 5.41) is 12.8. The zero-order chi connectivity index (χ0) is 12.0. The minimum Gasteiger partial charge on any atom is -0.392 e. The number of carbonyl (C=O) groups excluding carboxylic acids is 1. The Bertz CT molecular complexity index is 233. The number of hydrogen-bond acceptors (Lipinski definition) is 3. The number of rotatable bonds is 5. The highest BCUT2D eigenvalue weighted by atomic mass is 16.3. The zero-order valence-electron chi connectivity index (χ0n) is 10.2. The quantitative estimate of drug-likeness (QED) is 0.651. The van der Waals surface area contributed by atoms with Gasteiger partial charge >= 0.3 is 0 Å². The smallest absolute Gasteiger partial charge is 0.220 e. The van der Waals surface area contributed by atoms with E-state index in [1.54, 1.807) is 0 Å². The number of aliphatic hydroxyl groups excluding tert-OH is 1. The number of nitrogens with two attached hydrogens (primary N) is 1. The molecule has 0 aromatic heterocycles. The van der Waals surface area contributed by atoms with Gasteiger partial charge in [0.2, 0.25) is 5.91 Å². The number of carbonyl (C=O) groups is 1. The molecule has 0 bridgehead atoms. The summed E-state index contributed by atoms with van der Waals surface area (Å²) in [5.41, 5.74) is 5.20. The Morgan fingerprint density at radius 2 is 2.31 bits per heavy atom. The van der Waals surface area contributed by atoms with Crippen molar-refractivity contribution in [3.63, 3.8) is 0 Å². The zero-order valence-corrected chi connectivity index (χ0v) is 10.2. The van der Waals surface area contributed by atoms with Gasteiger partial charge in [-0.3, -0.25) is 4.79 Å². The Hall–Kier alpha value is -0.610. The van der Waals surface area contributed by atoms with Crippen LogP contribution in [0.5, 0.6) is 0 Å². The first kappa shape index (κ1) is 13.5. The van der Waals surface area contributed by atoms with Crippen LogP contribution in [0.3, 0.4) is 0 Å².